The van der Waals surface area contributed by atoms with Gasteiger partial charge < -0.3 is 15.4 Å². The maximum absolute atomic E-state index is 12.4. The lowest BCUT2D eigenvalue weighted by atomic mass is 10.1. The zero-order chi connectivity index (χ0) is 18.4. The van der Waals surface area contributed by atoms with E-state index < -0.39 is 12.0 Å². The average molecular weight is 356 g/mol. The molecule has 1 aromatic heterocycles. The molecule has 1 atom stereocenters. The number of benzene rings is 1. The van der Waals surface area contributed by atoms with Crippen molar-refractivity contribution in [1.29, 1.82) is 0 Å². The number of nitrogens with zero attached hydrogens (tertiary/aromatic N) is 2. The number of aromatic amines is 1. The van der Waals surface area contributed by atoms with Crippen LogP contribution in [0.25, 0.3) is 0 Å². The summed E-state index contributed by atoms with van der Waals surface area (Å²) in [7, 11) is 0. The molecule has 138 valence electrons. The van der Waals surface area contributed by atoms with Crippen LogP contribution in [0.15, 0.2) is 36.8 Å². The highest BCUT2D eigenvalue weighted by Gasteiger charge is 2.21. The molecule has 26 heavy (non-hydrogen) atoms. The van der Waals surface area contributed by atoms with E-state index in [0.29, 0.717) is 11.3 Å². The second-order valence-electron chi connectivity index (χ2n) is 6.68. The standard InChI is InChI=1S/C19H24N4O3/c24-18(22-17(19(25)26)10-16-11-20-13-21-16)15-6-4-14(5-7-15)12-23-8-2-1-3-9-23/h4-7,11,13,17H,1-3,8-10,12H2,(H,20,21)(H,22,24)(H,25,26). The molecule has 1 fully saturated rings. The largest absolute Gasteiger partial charge is 0.480 e. The summed E-state index contributed by atoms with van der Waals surface area (Å²) in [4.78, 5) is 32.9. The molecule has 0 aliphatic carbocycles. The first-order valence-electron chi connectivity index (χ1n) is 8.94. The van der Waals surface area contributed by atoms with Crippen LogP contribution in [-0.4, -0.2) is 51.0 Å². The highest BCUT2D eigenvalue weighted by atomic mass is 16.4. The fourth-order valence-corrected chi connectivity index (χ4v) is 3.20. The highest BCUT2D eigenvalue weighted by molar-refractivity contribution is 5.96. The van der Waals surface area contributed by atoms with Crippen LogP contribution in [-0.2, 0) is 17.8 Å². The van der Waals surface area contributed by atoms with E-state index in [1.807, 2.05) is 12.1 Å². The molecule has 1 saturated heterocycles. The summed E-state index contributed by atoms with van der Waals surface area (Å²) in [5.41, 5.74) is 2.29. The molecule has 0 radical (unpaired) electrons. The molecular weight excluding hydrogens is 332 g/mol. The lowest BCUT2D eigenvalue weighted by molar-refractivity contribution is -0.139. The van der Waals surface area contributed by atoms with Gasteiger partial charge in [-0.05, 0) is 43.6 Å². The Bertz CT molecular complexity index is 722. The van der Waals surface area contributed by atoms with Crippen molar-refractivity contribution < 1.29 is 14.7 Å². The number of rotatable bonds is 7. The minimum absolute atomic E-state index is 0.161. The number of hydrogen-bond donors (Lipinski definition) is 3. The predicted molar refractivity (Wildman–Crippen MR) is 96.8 cm³/mol. The number of carbonyl (C=O) groups is 2. The number of piperidine rings is 1. The van der Waals surface area contributed by atoms with Crippen molar-refractivity contribution in [3.8, 4) is 0 Å². The quantitative estimate of drug-likeness (QED) is 0.703. The molecular formula is C19H24N4O3. The molecule has 1 amide bonds. The molecule has 1 aromatic carbocycles. The Labute approximate surface area is 152 Å². The number of aromatic nitrogens is 2. The molecule has 0 bridgehead atoms. The van der Waals surface area contributed by atoms with Crippen molar-refractivity contribution >= 4 is 11.9 Å². The Morgan fingerprint density at radius 3 is 2.54 bits per heavy atom. The van der Waals surface area contributed by atoms with Crippen molar-refractivity contribution in [1.82, 2.24) is 20.2 Å². The number of imidazole rings is 1. The van der Waals surface area contributed by atoms with Crippen molar-refractivity contribution in [2.24, 2.45) is 0 Å². The van der Waals surface area contributed by atoms with Gasteiger partial charge in [0, 0.05) is 30.4 Å². The number of likely N-dealkylation sites (tertiary alicyclic amines) is 1. The van der Waals surface area contributed by atoms with Crippen LogP contribution in [0.5, 0.6) is 0 Å². The van der Waals surface area contributed by atoms with Crippen LogP contribution < -0.4 is 5.32 Å². The van der Waals surface area contributed by atoms with Gasteiger partial charge in [-0.25, -0.2) is 9.78 Å². The van der Waals surface area contributed by atoms with Gasteiger partial charge >= 0.3 is 5.97 Å². The Morgan fingerprint density at radius 2 is 1.92 bits per heavy atom. The number of amides is 1. The topological polar surface area (TPSA) is 98.3 Å². The molecule has 0 spiro atoms. The summed E-state index contributed by atoms with van der Waals surface area (Å²) in [5, 5.41) is 11.9. The molecule has 1 aliphatic rings. The van der Waals surface area contributed by atoms with Gasteiger partial charge in [-0.15, -0.1) is 0 Å². The van der Waals surface area contributed by atoms with E-state index in [2.05, 4.69) is 20.2 Å². The Morgan fingerprint density at radius 1 is 1.19 bits per heavy atom. The molecule has 0 saturated carbocycles. The van der Waals surface area contributed by atoms with Crippen LogP contribution >= 0.6 is 0 Å². The third kappa shape index (κ3) is 4.92. The second-order valence-corrected chi connectivity index (χ2v) is 6.68. The first-order chi connectivity index (χ1) is 12.6. The lowest BCUT2D eigenvalue weighted by Crippen LogP contribution is -2.42. The summed E-state index contributed by atoms with van der Waals surface area (Å²) in [5.74, 6) is -1.46. The van der Waals surface area contributed by atoms with Crippen molar-refractivity contribution in [2.75, 3.05) is 13.1 Å². The van der Waals surface area contributed by atoms with E-state index in [1.165, 1.54) is 25.6 Å². The van der Waals surface area contributed by atoms with Gasteiger partial charge in [0.25, 0.3) is 5.91 Å². The van der Waals surface area contributed by atoms with E-state index in [9.17, 15) is 14.7 Å². The van der Waals surface area contributed by atoms with Gasteiger partial charge in [0.05, 0.1) is 6.33 Å². The Balaban J connectivity index is 1.58. The minimum atomic E-state index is -1.07. The summed E-state index contributed by atoms with van der Waals surface area (Å²) in [6.07, 6.45) is 6.99. The van der Waals surface area contributed by atoms with Crippen molar-refractivity contribution in [2.45, 2.75) is 38.3 Å². The van der Waals surface area contributed by atoms with Crippen LogP contribution in [0, 0.1) is 0 Å². The molecule has 7 nitrogen and oxygen atoms in total. The van der Waals surface area contributed by atoms with E-state index in [1.54, 1.807) is 18.3 Å². The Kier molecular flexibility index (Phi) is 6.01. The van der Waals surface area contributed by atoms with Crippen LogP contribution in [0.2, 0.25) is 0 Å². The number of hydrogen-bond acceptors (Lipinski definition) is 4. The van der Waals surface area contributed by atoms with Gasteiger partial charge in [0.15, 0.2) is 0 Å². The summed E-state index contributed by atoms with van der Waals surface area (Å²) in [6, 6.07) is 6.38. The number of aliphatic carboxylic acids is 1. The SMILES string of the molecule is O=C(NC(Cc1cnc[nH]1)C(=O)O)c1ccc(CN2CCCCC2)cc1. The van der Waals surface area contributed by atoms with Crippen LogP contribution in [0.4, 0.5) is 0 Å². The fourth-order valence-electron chi connectivity index (χ4n) is 3.20. The number of nitrogens with one attached hydrogen (secondary N) is 2. The normalized spacial score (nSPS) is 16.2. The number of carboxylic acid groups (broad SMARTS) is 1. The van der Waals surface area contributed by atoms with Crippen LogP contribution in [0.1, 0.15) is 40.9 Å². The van der Waals surface area contributed by atoms with Crippen LogP contribution in [0.3, 0.4) is 0 Å². The number of H-pyrrole nitrogens is 1. The van der Waals surface area contributed by atoms with E-state index in [4.69, 9.17) is 0 Å². The summed E-state index contributed by atoms with van der Waals surface area (Å²) >= 11 is 0. The zero-order valence-electron chi connectivity index (χ0n) is 14.6. The minimum Gasteiger partial charge on any atom is -0.480 e. The number of carboxylic acids is 1. The van der Waals surface area contributed by atoms with Gasteiger partial charge in [0.2, 0.25) is 0 Å². The first-order valence-corrected chi connectivity index (χ1v) is 8.94. The van der Waals surface area contributed by atoms with Gasteiger partial charge in [-0.2, -0.15) is 0 Å². The first kappa shape index (κ1) is 18.1. The molecule has 2 heterocycles. The monoisotopic (exact) mass is 356 g/mol. The molecule has 1 aliphatic heterocycles. The fraction of sp³-hybridized carbons (Fsp3) is 0.421. The van der Waals surface area contributed by atoms with Gasteiger partial charge in [-0.3, -0.25) is 9.69 Å². The maximum atomic E-state index is 12.4. The molecule has 3 N–H and O–H groups in total. The third-order valence-corrected chi connectivity index (χ3v) is 4.65. The lowest BCUT2D eigenvalue weighted by Gasteiger charge is -2.26. The van der Waals surface area contributed by atoms with Gasteiger partial charge in [0.1, 0.15) is 6.04 Å². The average Bonchev–Trinajstić information content (AvgIpc) is 3.15. The maximum Gasteiger partial charge on any atom is 0.326 e. The molecule has 1 unspecified atom stereocenters. The third-order valence-electron chi connectivity index (χ3n) is 4.65. The van der Waals surface area contributed by atoms with Gasteiger partial charge in [-0.1, -0.05) is 18.6 Å². The van der Waals surface area contributed by atoms with Crippen molar-refractivity contribution in [3.05, 3.63) is 53.6 Å². The van der Waals surface area contributed by atoms with E-state index >= 15 is 0 Å². The number of carbonyl (C=O) groups excluding carboxylic acids is 1. The smallest absolute Gasteiger partial charge is 0.326 e. The Hall–Kier alpha value is -2.67. The van der Waals surface area contributed by atoms with Crippen molar-refractivity contribution in [3.63, 3.8) is 0 Å². The van der Waals surface area contributed by atoms with E-state index in [0.717, 1.165) is 25.2 Å². The predicted octanol–water partition coefficient (Wildman–Crippen LogP) is 1.82. The second kappa shape index (κ2) is 8.62. The van der Waals surface area contributed by atoms with E-state index in [-0.39, 0.29) is 12.3 Å². The highest BCUT2D eigenvalue weighted by Crippen LogP contribution is 2.14. The molecule has 7 heteroatoms. The molecule has 2 aromatic rings. The summed E-state index contributed by atoms with van der Waals surface area (Å²) < 4.78 is 0. The zero-order valence-corrected chi connectivity index (χ0v) is 14.6. The molecule has 3 rings (SSSR count). The summed E-state index contributed by atoms with van der Waals surface area (Å²) in [6.45, 7) is 3.13.